The van der Waals surface area contributed by atoms with Crippen molar-refractivity contribution in [3.63, 3.8) is 0 Å². The topological polar surface area (TPSA) is 41.8 Å². The van der Waals surface area contributed by atoms with Gasteiger partial charge in [0.1, 0.15) is 11.8 Å². The summed E-state index contributed by atoms with van der Waals surface area (Å²) in [7, 11) is 1.67. The Hall–Kier alpha value is -0.640. The van der Waals surface area contributed by atoms with E-state index in [1.165, 1.54) is 0 Å². The smallest absolute Gasteiger partial charge is 0.184 e. The molecule has 0 bridgehead atoms. The van der Waals surface area contributed by atoms with Crippen LogP contribution in [0.3, 0.4) is 0 Å². The first-order chi connectivity index (χ1) is 6.86. The average molecular weight is 226 g/mol. The summed E-state index contributed by atoms with van der Waals surface area (Å²) in [5.41, 5.74) is 0.248. The molecular formula is C11H18N2OS. The van der Waals surface area contributed by atoms with Crippen molar-refractivity contribution in [1.29, 1.82) is 0 Å². The van der Waals surface area contributed by atoms with Crippen LogP contribution in [0.15, 0.2) is 9.98 Å². The second kappa shape index (κ2) is 4.47. The van der Waals surface area contributed by atoms with Gasteiger partial charge in [0.25, 0.3) is 0 Å². The lowest BCUT2D eigenvalue weighted by molar-refractivity contribution is -0.119. The molecule has 1 aliphatic heterocycles. The number of nitrogens with zero attached hydrogens (tertiary/aromatic N) is 2. The largest absolute Gasteiger partial charge is 0.292 e. The molecule has 0 fully saturated rings. The van der Waals surface area contributed by atoms with Crippen molar-refractivity contribution in [2.75, 3.05) is 12.8 Å². The highest BCUT2D eigenvalue weighted by Crippen LogP contribution is 2.23. The fourth-order valence-electron chi connectivity index (χ4n) is 1.42. The standard InChI is InChI=1S/C11H18N2OS/c1-7-13-8(6-15-7)9(12-5)10(14)11(2,3)4/h8H,6H2,1-5H3/b12-9-. The first-order valence-electron chi connectivity index (χ1n) is 5.05. The van der Waals surface area contributed by atoms with Gasteiger partial charge in [0.05, 0.1) is 5.04 Å². The molecule has 1 heterocycles. The van der Waals surface area contributed by atoms with Gasteiger partial charge in [-0.2, -0.15) is 0 Å². The Balaban J connectivity index is 2.88. The Morgan fingerprint density at radius 2 is 2.13 bits per heavy atom. The molecule has 15 heavy (non-hydrogen) atoms. The van der Waals surface area contributed by atoms with Crippen LogP contribution in [0.5, 0.6) is 0 Å². The van der Waals surface area contributed by atoms with E-state index in [-0.39, 0.29) is 17.2 Å². The van der Waals surface area contributed by atoms with Crippen LogP contribution >= 0.6 is 11.8 Å². The van der Waals surface area contributed by atoms with E-state index in [1.54, 1.807) is 18.8 Å². The molecule has 0 radical (unpaired) electrons. The van der Waals surface area contributed by atoms with Crippen LogP contribution in [0.25, 0.3) is 0 Å². The molecule has 1 aliphatic rings. The van der Waals surface area contributed by atoms with Crippen LogP contribution in [0, 0.1) is 5.41 Å². The van der Waals surface area contributed by atoms with Crippen LogP contribution in [-0.4, -0.2) is 35.4 Å². The fourth-order valence-corrected chi connectivity index (χ4v) is 2.25. The third kappa shape index (κ3) is 2.91. The highest BCUT2D eigenvalue weighted by molar-refractivity contribution is 8.14. The second-order valence-electron chi connectivity index (χ2n) is 4.66. The molecule has 1 rings (SSSR count). The molecule has 0 aromatic heterocycles. The molecule has 4 heteroatoms. The Bertz CT molecular complexity index is 326. The van der Waals surface area contributed by atoms with Crippen LogP contribution in [0.1, 0.15) is 27.7 Å². The first-order valence-corrected chi connectivity index (χ1v) is 6.03. The zero-order valence-electron chi connectivity index (χ0n) is 10.00. The lowest BCUT2D eigenvalue weighted by atomic mass is 9.86. The third-order valence-electron chi connectivity index (χ3n) is 2.26. The molecule has 84 valence electrons. The van der Waals surface area contributed by atoms with Crippen molar-refractivity contribution in [2.24, 2.45) is 15.4 Å². The first kappa shape index (κ1) is 12.4. The van der Waals surface area contributed by atoms with Gasteiger partial charge in [-0.25, -0.2) is 0 Å². The van der Waals surface area contributed by atoms with E-state index < -0.39 is 0 Å². The Labute approximate surface area is 95.5 Å². The molecule has 0 aromatic rings. The summed E-state index contributed by atoms with van der Waals surface area (Å²) < 4.78 is 0. The highest BCUT2D eigenvalue weighted by Gasteiger charge is 2.32. The summed E-state index contributed by atoms with van der Waals surface area (Å²) in [4.78, 5) is 20.6. The third-order valence-corrected chi connectivity index (χ3v) is 3.26. The molecule has 1 atom stereocenters. The van der Waals surface area contributed by atoms with Gasteiger partial charge in [0.2, 0.25) is 0 Å². The van der Waals surface area contributed by atoms with Crippen molar-refractivity contribution in [3.8, 4) is 0 Å². The molecule has 0 N–H and O–H groups in total. The summed E-state index contributed by atoms with van der Waals surface area (Å²) >= 11 is 1.69. The second-order valence-corrected chi connectivity index (χ2v) is 5.88. The van der Waals surface area contributed by atoms with E-state index in [4.69, 9.17) is 0 Å². The number of thioether (sulfide) groups is 1. The van der Waals surface area contributed by atoms with Gasteiger partial charge in [-0.3, -0.25) is 14.8 Å². The lowest BCUT2D eigenvalue weighted by Crippen LogP contribution is -2.36. The maximum Gasteiger partial charge on any atom is 0.184 e. The number of hydrogen-bond acceptors (Lipinski definition) is 4. The monoisotopic (exact) mass is 226 g/mol. The molecule has 0 saturated carbocycles. The zero-order chi connectivity index (χ0) is 11.6. The number of Topliss-reactive ketones (excluding diaryl/α,β-unsaturated/α-hetero) is 1. The van der Waals surface area contributed by atoms with Crippen LogP contribution in [0.2, 0.25) is 0 Å². The maximum absolute atomic E-state index is 12.1. The predicted octanol–water partition coefficient (Wildman–Crippen LogP) is 2.21. The quantitative estimate of drug-likeness (QED) is 0.677. The number of carbonyl (C=O) groups is 1. The van der Waals surface area contributed by atoms with Crippen molar-refractivity contribution >= 4 is 28.3 Å². The van der Waals surface area contributed by atoms with E-state index in [0.29, 0.717) is 5.71 Å². The number of ketones is 1. The minimum atomic E-state index is -0.370. The molecule has 0 aliphatic carbocycles. The summed E-state index contributed by atoms with van der Waals surface area (Å²) in [6.45, 7) is 7.72. The Morgan fingerprint density at radius 3 is 2.47 bits per heavy atom. The molecule has 0 spiro atoms. The molecule has 0 aromatic carbocycles. The van der Waals surface area contributed by atoms with Crippen molar-refractivity contribution in [1.82, 2.24) is 0 Å². The van der Waals surface area contributed by atoms with Crippen LogP contribution in [0.4, 0.5) is 0 Å². The molecular weight excluding hydrogens is 208 g/mol. The molecule has 0 amide bonds. The van der Waals surface area contributed by atoms with Gasteiger partial charge in [-0.1, -0.05) is 20.8 Å². The Kier molecular flexibility index (Phi) is 3.71. The van der Waals surface area contributed by atoms with E-state index in [0.717, 1.165) is 10.8 Å². The summed E-state index contributed by atoms with van der Waals surface area (Å²) in [6.07, 6.45) is 0. The summed E-state index contributed by atoms with van der Waals surface area (Å²) in [5.74, 6) is 0.953. The predicted molar refractivity (Wildman–Crippen MR) is 67.2 cm³/mol. The van der Waals surface area contributed by atoms with E-state index >= 15 is 0 Å². The van der Waals surface area contributed by atoms with Crippen LogP contribution < -0.4 is 0 Å². The number of aliphatic imine (C=N–C) groups is 2. The van der Waals surface area contributed by atoms with Gasteiger partial charge < -0.3 is 0 Å². The van der Waals surface area contributed by atoms with Gasteiger partial charge in [-0.05, 0) is 6.92 Å². The van der Waals surface area contributed by atoms with E-state index in [2.05, 4.69) is 9.98 Å². The normalized spacial score (nSPS) is 22.9. The molecule has 1 unspecified atom stereocenters. The van der Waals surface area contributed by atoms with Gasteiger partial charge in [-0.15, -0.1) is 11.8 Å². The minimum Gasteiger partial charge on any atom is -0.292 e. The SMILES string of the molecule is C/N=C(\C(=O)C(C)(C)C)C1CSC(C)=N1. The Morgan fingerprint density at radius 1 is 1.53 bits per heavy atom. The summed E-state index contributed by atoms with van der Waals surface area (Å²) in [5, 5.41) is 1.04. The van der Waals surface area contributed by atoms with Gasteiger partial charge in [0, 0.05) is 18.2 Å². The van der Waals surface area contributed by atoms with Crippen molar-refractivity contribution in [2.45, 2.75) is 33.7 Å². The zero-order valence-corrected chi connectivity index (χ0v) is 10.8. The van der Waals surface area contributed by atoms with E-state index in [1.807, 2.05) is 27.7 Å². The number of hydrogen-bond donors (Lipinski definition) is 0. The van der Waals surface area contributed by atoms with Crippen molar-refractivity contribution in [3.05, 3.63) is 0 Å². The van der Waals surface area contributed by atoms with Gasteiger partial charge >= 0.3 is 0 Å². The van der Waals surface area contributed by atoms with Crippen molar-refractivity contribution < 1.29 is 4.79 Å². The summed E-state index contributed by atoms with van der Waals surface area (Å²) in [6, 6.07) is -0.0354. The number of carbonyl (C=O) groups excluding carboxylic acids is 1. The van der Waals surface area contributed by atoms with Gasteiger partial charge in [0.15, 0.2) is 5.78 Å². The maximum atomic E-state index is 12.1. The highest BCUT2D eigenvalue weighted by atomic mass is 32.2. The molecule has 3 nitrogen and oxygen atoms in total. The van der Waals surface area contributed by atoms with Crippen LogP contribution in [-0.2, 0) is 4.79 Å². The molecule has 0 saturated heterocycles. The minimum absolute atomic E-state index is 0.0354. The van der Waals surface area contributed by atoms with E-state index in [9.17, 15) is 4.79 Å². The fraction of sp³-hybridized carbons (Fsp3) is 0.727. The lowest BCUT2D eigenvalue weighted by Gasteiger charge is -2.19. The number of rotatable bonds is 2. The average Bonchev–Trinajstić information content (AvgIpc) is 2.51.